The minimum absolute atomic E-state index is 0.00775. The van der Waals surface area contributed by atoms with Crippen LogP contribution >= 0.6 is 11.6 Å². The summed E-state index contributed by atoms with van der Waals surface area (Å²) in [6, 6.07) is 14.1. The molecule has 0 bridgehead atoms. The lowest BCUT2D eigenvalue weighted by molar-refractivity contribution is -0.172. The van der Waals surface area contributed by atoms with Gasteiger partial charge in [-0.25, -0.2) is 4.79 Å². The highest BCUT2D eigenvalue weighted by atomic mass is 35.5. The van der Waals surface area contributed by atoms with E-state index in [0.717, 1.165) is 5.56 Å². The monoisotopic (exact) mass is 710 g/mol. The summed E-state index contributed by atoms with van der Waals surface area (Å²) in [6.45, 7) is 13.0. The Morgan fingerprint density at radius 1 is 1.12 bits per heavy atom. The molecule has 2 aromatic carbocycles. The molecule has 50 heavy (non-hydrogen) atoms. The zero-order valence-electron chi connectivity index (χ0n) is 29.8. The Morgan fingerprint density at radius 2 is 1.82 bits per heavy atom. The van der Waals surface area contributed by atoms with E-state index in [2.05, 4.69) is 24.1 Å². The molecule has 2 aromatic rings. The van der Waals surface area contributed by atoms with Crippen LogP contribution in [0.5, 0.6) is 5.75 Å². The van der Waals surface area contributed by atoms with Crippen molar-refractivity contribution in [2.24, 2.45) is 23.2 Å². The predicted molar refractivity (Wildman–Crippen MR) is 193 cm³/mol. The lowest BCUT2D eigenvalue weighted by Gasteiger charge is -2.29. The fraction of sp³-hybridized carbons (Fsp3) is 0.487. The number of carboxylic acids is 1. The van der Waals surface area contributed by atoms with E-state index in [0.29, 0.717) is 22.8 Å². The number of hydrogen-bond acceptors (Lipinski definition) is 7. The van der Waals surface area contributed by atoms with E-state index in [9.17, 15) is 24.3 Å². The third-order valence-electron chi connectivity index (χ3n) is 9.25. The highest BCUT2D eigenvalue weighted by Gasteiger charge is 2.45. The molecule has 2 amide bonds. The lowest BCUT2D eigenvalue weighted by Crippen LogP contribution is -2.51. The first-order chi connectivity index (χ1) is 23.7. The number of carbonyl (C=O) groups excluding carboxylic acids is 3. The van der Waals surface area contributed by atoms with Gasteiger partial charge < -0.3 is 30.0 Å². The van der Waals surface area contributed by atoms with Crippen molar-refractivity contribution >= 4 is 35.4 Å². The molecular formula is C39H51ClN2O8. The van der Waals surface area contributed by atoms with Crippen LogP contribution in [0.3, 0.4) is 0 Å². The molecule has 0 unspecified atom stereocenters. The van der Waals surface area contributed by atoms with E-state index in [1.54, 1.807) is 38.1 Å². The lowest BCUT2D eigenvalue weighted by atomic mass is 9.86. The molecule has 1 fully saturated rings. The Bertz CT molecular complexity index is 1510. The van der Waals surface area contributed by atoms with Gasteiger partial charge in [-0.05, 0) is 73.3 Å². The molecule has 0 aliphatic carbocycles. The number of aliphatic carboxylic acids is 1. The number of halogens is 1. The van der Waals surface area contributed by atoms with Crippen molar-refractivity contribution in [3.8, 4) is 5.75 Å². The summed E-state index contributed by atoms with van der Waals surface area (Å²) in [5.74, 6) is -2.27. The van der Waals surface area contributed by atoms with Crippen LogP contribution in [0, 0.1) is 23.2 Å². The summed E-state index contributed by atoms with van der Waals surface area (Å²) in [5.41, 5.74) is 0.601. The fourth-order valence-corrected chi connectivity index (χ4v) is 5.96. The van der Waals surface area contributed by atoms with Crippen LogP contribution in [0.4, 0.5) is 0 Å². The maximum absolute atomic E-state index is 13.6. The number of methoxy groups -OCH3 is 1. The molecule has 11 heteroatoms. The van der Waals surface area contributed by atoms with Crippen molar-refractivity contribution in [2.45, 2.75) is 84.7 Å². The summed E-state index contributed by atoms with van der Waals surface area (Å²) >= 11 is 6.34. The number of nitrogens with one attached hydrogen (secondary N) is 2. The van der Waals surface area contributed by atoms with E-state index in [4.69, 9.17) is 25.8 Å². The average molecular weight is 711 g/mol. The Balaban J connectivity index is 1.69. The first-order valence-corrected chi connectivity index (χ1v) is 17.4. The van der Waals surface area contributed by atoms with Crippen molar-refractivity contribution in [3.63, 3.8) is 0 Å². The zero-order chi connectivity index (χ0) is 37.0. The molecule has 3 N–H and O–H groups in total. The van der Waals surface area contributed by atoms with Crippen molar-refractivity contribution in [1.82, 2.24) is 10.6 Å². The number of benzene rings is 2. The number of carbonyl (C=O) groups is 4. The normalized spacial score (nSPS) is 19.0. The predicted octanol–water partition coefficient (Wildman–Crippen LogP) is 6.48. The van der Waals surface area contributed by atoms with Crippen molar-refractivity contribution in [1.29, 1.82) is 0 Å². The second-order valence-electron chi connectivity index (χ2n) is 13.6. The second kappa shape index (κ2) is 18.7. The molecule has 0 aromatic heterocycles. The largest absolute Gasteiger partial charge is 0.495 e. The van der Waals surface area contributed by atoms with Gasteiger partial charge in [-0.15, -0.1) is 6.58 Å². The smallest absolute Gasteiger partial charge is 0.345 e. The molecule has 272 valence electrons. The number of allylic oxidation sites excluding steroid dienone is 2. The molecule has 1 aliphatic rings. The zero-order valence-corrected chi connectivity index (χ0v) is 30.6. The van der Waals surface area contributed by atoms with Crippen LogP contribution in [0.1, 0.15) is 71.1 Å². The quantitative estimate of drug-likeness (QED) is 0.0614. The molecule has 1 saturated heterocycles. The summed E-state index contributed by atoms with van der Waals surface area (Å²) in [5, 5.41) is 15.5. The van der Waals surface area contributed by atoms with Gasteiger partial charge in [0.2, 0.25) is 11.8 Å². The number of esters is 1. The second-order valence-corrected chi connectivity index (χ2v) is 14.0. The van der Waals surface area contributed by atoms with Gasteiger partial charge in [0.1, 0.15) is 17.9 Å². The van der Waals surface area contributed by atoms with E-state index < -0.39 is 41.3 Å². The minimum Gasteiger partial charge on any atom is -0.495 e. The van der Waals surface area contributed by atoms with Gasteiger partial charge in [0.05, 0.1) is 23.7 Å². The Morgan fingerprint density at radius 3 is 2.40 bits per heavy atom. The van der Waals surface area contributed by atoms with Gasteiger partial charge >= 0.3 is 11.9 Å². The minimum atomic E-state index is -1.30. The first-order valence-electron chi connectivity index (χ1n) is 17.1. The van der Waals surface area contributed by atoms with Crippen molar-refractivity contribution < 1.29 is 38.5 Å². The van der Waals surface area contributed by atoms with Gasteiger partial charge in [0.15, 0.2) is 6.10 Å². The van der Waals surface area contributed by atoms with Gasteiger partial charge in [-0.1, -0.05) is 87.8 Å². The van der Waals surface area contributed by atoms with Crippen molar-refractivity contribution in [3.05, 3.63) is 89.5 Å². The van der Waals surface area contributed by atoms with Crippen LogP contribution in [-0.4, -0.2) is 60.8 Å². The third-order valence-corrected chi connectivity index (χ3v) is 9.55. The summed E-state index contributed by atoms with van der Waals surface area (Å²) in [6.07, 6.45) is 4.93. The number of ether oxygens (including phenoxy) is 3. The Labute approximate surface area is 300 Å². The fourth-order valence-electron chi connectivity index (χ4n) is 5.68. The van der Waals surface area contributed by atoms with E-state index >= 15 is 0 Å². The van der Waals surface area contributed by atoms with Crippen LogP contribution < -0.4 is 15.4 Å². The topological polar surface area (TPSA) is 144 Å². The molecule has 7 atom stereocenters. The van der Waals surface area contributed by atoms with E-state index in [-0.39, 0.29) is 55.8 Å². The van der Waals surface area contributed by atoms with Gasteiger partial charge in [-0.2, -0.15) is 0 Å². The maximum Gasteiger partial charge on any atom is 0.345 e. The number of rotatable bonds is 20. The first kappa shape index (κ1) is 40.3. The molecule has 0 radical (unpaired) electrons. The summed E-state index contributed by atoms with van der Waals surface area (Å²) in [7, 11) is 1.50. The van der Waals surface area contributed by atoms with Gasteiger partial charge in [0.25, 0.3) is 0 Å². The molecule has 3 rings (SSSR count). The highest BCUT2D eigenvalue weighted by Crippen LogP contribution is 2.46. The number of amides is 2. The number of hydrogen-bond donors (Lipinski definition) is 3. The number of epoxide rings is 1. The molecule has 0 spiro atoms. The van der Waals surface area contributed by atoms with Crippen LogP contribution in [-0.2, 0) is 35.1 Å². The molecule has 0 saturated carbocycles. The van der Waals surface area contributed by atoms with E-state index in [1.807, 2.05) is 50.3 Å². The van der Waals surface area contributed by atoms with Crippen LogP contribution in [0.25, 0.3) is 0 Å². The third kappa shape index (κ3) is 11.5. The molecule has 10 nitrogen and oxygen atoms in total. The van der Waals surface area contributed by atoms with Crippen LogP contribution in [0.15, 0.2) is 73.3 Å². The Kier molecular flexibility index (Phi) is 15.1. The number of carboxylic acid groups (broad SMARTS) is 1. The summed E-state index contributed by atoms with van der Waals surface area (Å²) < 4.78 is 16.6. The SMILES string of the molecule is C=C[C@@H](C/C=C/C(=O)N[C@H](Cc1ccc(OC)c(Cl)c1)C(=O)NC[C@](C)(CC)C(=O)O[C@@H](CC(C)C)C(=O)O)[C@H](C)[C@H]1O[C@@H]1c1ccccc1. The average Bonchev–Trinajstić information content (AvgIpc) is 3.89. The van der Waals surface area contributed by atoms with Gasteiger partial charge in [-0.3, -0.25) is 14.4 Å². The van der Waals surface area contributed by atoms with Crippen molar-refractivity contribution in [2.75, 3.05) is 13.7 Å². The standard InChI is InChI=1S/C39H51ClN2O8/c1-8-27(25(5)34-35(50-34)28-14-11-10-12-15-28)16-13-17-33(43)42-30(22-26-18-19-31(48-7)29(40)21-26)36(44)41-23-39(6,9-2)38(47)49-32(37(45)46)20-24(3)4/h8,10-15,17-19,21,24-25,27,30,32,34-35H,1,9,16,20,22-23H2,2-7H3,(H,41,44)(H,42,43)(H,45,46)/b17-13+/t25-,27-,30+,32-,34+,35+,39-/m0/s1. The summed E-state index contributed by atoms with van der Waals surface area (Å²) in [4.78, 5) is 51.7. The molecule has 1 heterocycles. The molecule has 1 aliphatic heterocycles. The molecular weight excluding hydrogens is 660 g/mol. The van der Waals surface area contributed by atoms with Gasteiger partial charge in [0, 0.05) is 13.0 Å². The maximum atomic E-state index is 13.6. The van der Waals surface area contributed by atoms with Crippen LogP contribution in [0.2, 0.25) is 5.02 Å². The highest BCUT2D eigenvalue weighted by molar-refractivity contribution is 6.32. The Hall–Kier alpha value is -4.15. The van der Waals surface area contributed by atoms with E-state index in [1.165, 1.54) is 13.2 Å².